The fraction of sp³-hybridized carbons (Fsp3) is 0.600. The summed E-state index contributed by atoms with van der Waals surface area (Å²) in [6.07, 6.45) is 4.80. The second-order valence-corrected chi connectivity index (χ2v) is 5.11. The molecule has 0 spiro atoms. The Hall–Kier alpha value is -0.930. The molecule has 1 saturated heterocycles. The molecule has 1 heterocycles. The van der Waals surface area contributed by atoms with E-state index in [1.807, 2.05) is 6.07 Å². The van der Waals surface area contributed by atoms with E-state index in [9.17, 15) is 4.39 Å². The van der Waals surface area contributed by atoms with Gasteiger partial charge in [0.15, 0.2) is 0 Å². The molecule has 0 aromatic heterocycles. The van der Waals surface area contributed by atoms with Crippen molar-refractivity contribution in [3.8, 4) is 0 Å². The maximum atomic E-state index is 13.0. The van der Waals surface area contributed by atoms with E-state index >= 15 is 0 Å². The van der Waals surface area contributed by atoms with Crippen molar-refractivity contribution in [2.24, 2.45) is 5.92 Å². The monoisotopic (exact) mass is 250 g/mol. The summed E-state index contributed by atoms with van der Waals surface area (Å²) in [6.45, 7) is 4.37. The number of hydrogen-bond donors (Lipinski definition) is 2. The van der Waals surface area contributed by atoms with E-state index in [-0.39, 0.29) is 5.82 Å². The Morgan fingerprint density at radius 1 is 1.22 bits per heavy atom. The average molecular weight is 250 g/mol. The number of hydrogen-bond acceptors (Lipinski definition) is 2. The molecular formula is C15H23FN2. The zero-order valence-corrected chi connectivity index (χ0v) is 10.9. The minimum Gasteiger partial charge on any atom is -0.317 e. The van der Waals surface area contributed by atoms with Gasteiger partial charge in [-0.3, -0.25) is 0 Å². The summed E-state index contributed by atoms with van der Waals surface area (Å²) in [6, 6.07) is 6.87. The largest absolute Gasteiger partial charge is 0.317 e. The van der Waals surface area contributed by atoms with Gasteiger partial charge in [-0.2, -0.15) is 0 Å². The Kier molecular flexibility index (Phi) is 5.62. The predicted molar refractivity (Wildman–Crippen MR) is 73.2 cm³/mol. The van der Waals surface area contributed by atoms with Crippen molar-refractivity contribution < 1.29 is 4.39 Å². The zero-order valence-electron chi connectivity index (χ0n) is 10.9. The summed E-state index contributed by atoms with van der Waals surface area (Å²) >= 11 is 0. The van der Waals surface area contributed by atoms with Crippen LogP contribution in [-0.4, -0.2) is 26.2 Å². The van der Waals surface area contributed by atoms with Crippen molar-refractivity contribution in [2.45, 2.75) is 25.7 Å². The minimum absolute atomic E-state index is 0.137. The SMILES string of the molecule is Fc1cccc(CCNCCC2CCNCC2)c1. The fourth-order valence-corrected chi connectivity index (χ4v) is 2.53. The van der Waals surface area contributed by atoms with Crippen LogP contribution < -0.4 is 10.6 Å². The lowest BCUT2D eigenvalue weighted by atomic mass is 9.95. The Balaban J connectivity index is 1.55. The highest BCUT2D eigenvalue weighted by Gasteiger charge is 2.11. The lowest BCUT2D eigenvalue weighted by Crippen LogP contribution is -2.30. The molecule has 0 radical (unpaired) electrons. The summed E-state index contributed by atoms with van der Waals surface area (Å²) < 4.78 is 13.0. The average Bonchev–Trinajstić information content (AvgIpc) is 2.40. The molecule has 1 aromatic carbocycles. The highest BCUT2D eigenvalue weighted by Crippen LogP contribution is 2.14. The van der Waals surface area contributed by atoms with Crippen LogP contribution in [0.4, 0.5) is 4.39 Å². The van der Waals surface area contributed by atoms with E-state index in [0.717, 1.165) is 31.0 Å². The molecule has 1 aromatic rings. The van der Waals surface area contributed by atoms with Crippen LogP contribution in [0, 0.1) is 11.7 Å². The van der Waals surface area contributed by atoms with Crippen LogP contribution in [0.15, 0.2) is 24.3 Å². The van der Waals surface area contributed by atoms with Crippen molar-refractivity contribution in [2.75, 3.05) is 26.2 Å². The lowest BCUT2D eigenvalue weighted by molar-refractivity contribution is 0.349. The molecule has 0 atom stereocenters. The minimum atomic E-state index is -0.137. The van der Waals surface area contributed by atoms with Gasteiger partial charge in [-0.25, -0.2) is 4.39 Å². The van der Waals surface area contributed by atoms with Crippen LogP contribution in [-0.2, 0) is 6.42 Å². The Bertz CT molecular complexity index is 348. The first-order valence-electron chi connectivity index (χ1n) is 7.00. The summed E-state index contributed by atoms with van der Waals surface area (Å²) in [7, 11) is 0. The van der Waals surface area contributed by atoms with Gasteiger partial charge in [0.2, 0.25) is 0 Å². The van der Waals surface area contributed by atoms with Crippen LogP contribution in [0.1, 0.15) is 24.8 Å². The lowest BCUT2D eigenvalue weighted by Gasteiger charge is -2.22. The van der Waals surface area contributed by atoms with E-state index in [1.165, 1.54) is 38.4 Å². The van der Waals surface area contributed by atoms with Crippen LogP contribution >= 0.6 is 0 Å². The molecule has 3 heteroatoms. The Morgan fingerprint density at radius 3 is 2.83 bits per heavy atom. The van der Waals surface area contributed by atoms with E-state index in [2.05, 4.69) is 10.6 Å². The molecule has 1 aliphatic rings. The Labute approximate surface area is 109 Å². The van der Waals surface area contributed by atoms with Gasteiger partial charge >= 0.3 is 0 Å². The van der Waals surface area contributed by atoms with Gasteiger partial charge in [0, 0.05) is 0 Å². The number of nitrogens with one attached hydrogen (secondary N) is 2. The number of rotatable bonds is 6. The number of halogens is 1. The van der Waals surface area contributed by atoms with Gasteiger partial charge < -0.3 is 10.6 Å². The second-order valence-electron chi connectivity index (χ2n) is 5.11. The predicted octanol–water partition coefficient (Wildman–Crippen LogP) is 2.35. The van der Waals surface area contributed by atoms with E-state index < -0.39 is 0 Å². The molecule has 2 rings (SSSR count). The number of benzene rings is 1. The van der Waals surface area contributed by atoms with Crippen molar-refractivity contribution in [1.82, 2.24) is 10.6 Å². The van der Waals surface area contributed by atoms with E-state index in [0.29, 0.717) is 0 Å². The Morgan fingerprint density at radius 2 is 2.06 bits per heavy atom. The van der Waals surface area contributed by atoms with Gasteiger partial charge in [0.25, 0.3) is 0 Å². The number of piperidine rings is 1. The quantitative estimate of drug-likeness (QED) is 0.757. The van der Waals surface area contributed by atoms with Gasteiger partial charge in [-0.15, -0.1) is 0 Å². The molecule has 0 unspecified atom stereocenters. The molecule has 0 aliphatic carbocycles. The molecular weight excluding hydrogens is 227 g/mol. The van der Waals surface area contributed by atoms with Crippen molar-refractivity contribution >= 4 is 0 Å². The van der Waals surface area contributed by atoms with Crippen molar-refractivity contribution in [3.63, 3.8) is 0 Å². The molecule has 0 bridgehead atoms. The highest BCUT2D eigenvalue weighted by atomic mass is 19.1. The summed E-state index contributed by atoms with van der Waals surface area (Å²) in [4.78, 5) is 0. The van der Waals surface area contributed by atoms with Gasteiger partial charge in [-0.1, -0.05) is 12.1 Å². The molecule has 2 nitrogen and oxygen atoms in total. The van der Waals surface area contributed by atoms with E-state index in [1.54, 1.807) is 12.1 Å². The first-order valence-corrected chi connectivity index (χ1v) is 7.00. The third-order valence-electron chi connectivity index (χ3n) is 3.67. The van der Waals surface area contributed by atoms with Crippen LogP contribution in [0.5, 0.6) is 0 Å². The maximum absolute atomic E-state index is 13.0. The summed E-state index contributed by atoms with van der Waals surface area (Å²) in [5.41, 5.74) is 1.07. The molecule has 0 saturated carbocycles. The summed E-state index contributed by atoms with van der Waals surface area (Å²) in [5, 5.41) is 6.84. The van der Waals surface area contributed by atoms with Crippen LogP contribution in [0.25, 0.3) is 0 Å². The highest BCUT2D eigenvalue weighted by molar-refractivity contribution is 5.16. The van der Waals surface area contributed by atoms with Gasteiger partial charge in [-0.05, 0) is 75.5 Å². The van der Waals surface area contributed by atoms with Crippen LogP contribution in [0.2, 0.25) is 0 Å². The first kappa shape index (κ1) is 13.5. The molecule has 1 aliphatic heterocycles. The van der Waals surface area contributed by atoms with Gasteiger partial charge in [0.05, 0.1) is 0 Å². The van der Waals surface area contributed by atoms with Crippen molar-refractivity contribution in [3.05, 3.63) is 35.6 Å². The molecule has 18 heavy (non-hydrogen) atoms. The third kappa shape index (κ3) is 4.75. The first-order chi connectivity index (χ1) is 8.84. The molecule has 100 valence electrons. The van der Waals surface area contributed by atoms with Crippen LogP contribution in [0.3, 0.4) is 0 Å². The van der Waals surface area contributed by atoms with Crippen molar-refractivity contribution in [1.29, 1.82) is 0 Å². The molecule has 0 amide bonds. The topological polar surface area (TPSA) is 24.1 Å². The molecule has 1 fully saturated rings. The second kappa shape index (κ2) is 7.49. The normalized spacial score (nSPS) is 16.9. The third-order valence-corrected chi connectivity index (χ3v) is 3.67. The fourth-order valence-electron chi connectivity index (χ4n) is 2.53. The van der Waals surface area contributed by atoms with E-state index in [4.69, 9.17) is 0 Å². The maximum Gasteiger partial charge on any atom is 0.123 e. The molecule has 2 N–H and O–H groups in total. The summed E-state index contributed by atoms with van der Waals surface area (Å²) in [5.74, 6) is 0.745. The smallest absolute Gasteiger partial charge is 0.123 e. The zero-order chi connectivity index (χ0) is 12.6. The van der Waals surface area contributed by atoms with Gasteiger partial charge in [0.1, 0.15) is 5.82 Å². The standard InChI is InChI=1S/C15H23FN2/c16-15-3-1-2-14(12-15)7-11-18-10-6-13-4-8-17-9-5-13/h1-3,12-13,17-18H,4-11H2.